The van der Waals surface area contributed by atoms with Gasteiger partial charge in [-0.15, -0.1) is 5.10 Å². The Labute approximate surface area is 218 Å². The number of hydrogen-bond acceptors (Lipinski definition) is 9. The maximum atomic E-state index is 8.88. The summed E-state index contributed by atoms with van der Waals surface area (Å²) in [5, 5.41) is 13.3. The lowest BCUT2D eigenvalue weighted by Crippen LogP contribution is -2.34. The fraction of sp³-hybridized carbons (Fsp3) is 0.476. The average Bonchev–Trinajstić information content (AvgIpc) is 3.20. The number of ether oxygens (including phenoxy) is 2. The van der Waals surface area contributed by atoms with Gasteiger partial charge in [0, 0.05) is 19.2 Å². The van der Waals surface area contributed by atoms with E-state index < -0.39 is 15.6 Å². The summed E-state index contributed by atoms with van der Waals surface area (Å²) in [6.45, 7) is 7.19. The number of anilines is 1. The Kier molecular flexibility index (Phi) is 12.1. The maximum absolute atomic E-state index is 8.88. The molecule has 0 unspecified atom stereocenters. The zero-order valence-electron chi connectivity index (χ0n) is 20.8. The number of fused-ring (bicyclic) bond motifs is 1. The second-order valence-corrected chi connectivity index (χ2v) is 10.3. The summed E-state index contributed by atoms with van der Waals surface area (Å²) in [6, 6.07) is 9.84. The first-order valence-corrected chi connectivity index (χ1v) is 14.6. The predicted molar refractivity (Wildman–Crippen MR) is 136 cm³/mol. The molecule has 38 heavy (non-hydrogen) atoms. The topological polar surface area (TPSA) is 229 Å². The van der Waals surface area contributed by atoms with Gasteiger partial charge in [-0.2, -0.15) is 5.10 Å². The van der Waals surface area contributed by atoms with Crippen LogP contribution >= 0.6 is 15.6 Å². The van der Waals surface area contributed by atoms with E-state index in [2.05, 4.69) is 26.3 Å². The highest BCUT2D eigenvalue weighted by Crippen LogP contribution is 2.29. The Balaban J connectivity index is 0.000000435. The Hall–Kier alpha value is -2.61. The molecule has 3 heterocycles. The standard InChI is InChI=1S/C21H26N4O3.2H3O4P/c1-3-26-21-18-6-5-17(14-19(18)28-24-21)27-13-10-16-8-11-25(12-9-16)20-7-4-15(2)22-23-20;2*1-5(2,3)4/h4-7,14,16H,3,8-13H2,1-2H3;2*(H3,1,2,3,4). The van der Waals surface area contributed by atoms with Gasteiger partial charge in [-0.1, -0.05) is 0 Å². The molecule has 3 aromatic rings. The summed E-state index contributed by atoms with van der Waals surface area (Å²) in [7, 11) is -9.28. The van der Waals surface area contributed by atoms with Crippen LogP contribution in [0.15, 0.2) is 34.9 Å². The van der Waals surface area contributed by atoms with Crippen molar-refractivity contribution in [3.05, 3.63) is 36.0 Å². The van der Waals surface area contributed by atoms with Crippen molar-refractivity contribution in [1.82, 2.24) is 15.4 Å². The largest absolute Gasteiger partial charge is 0.493 e. The van der Waals surface area contributed by atoms with Gasteiger partial charge in [0.1, 0.15) is 5.75 Å². The molecule has 1 aromatic carbocycles. The minimum Gasteiger partial charge on any atom is -0.493 e. The van der Waals surface area contributed by atoms with Crippen LogP contribution in [0.4, 0.5) is 5.82 Å². The molecule has 0 aliphatic carbocycles. The van der Waals surface area contributed by atoms with E-state index in [0.29, 0.717) is 30.6 Å². The molecule has 1 fully saturated rings. The van der Waals surface area contributed by atoms with Crippen LogP contribution in [0.1, 0.15) is 31.9 Å². The van der Waals surface area contributed by atoms with Gasteiger partial charge in [0.05, 0.1) is 24.3 Å². The van der Waals surface area contributed by atoms with E-state index in [-0.39, 0.29) is 0 Å². The molecule has 0 saturated carbocycles. The fourth-order valence-corrected chi connectivity index (χ4v) is 3.58. The van der Waals surface area contributed by atoms with Gasteiger partial charge in [0.25, 0.3) is 5.88 Å². The highest BCUT2D eigenvalue weighted by atomic mass is 31.2. The molecule has 1 saturated heterocycles. The second kappa shape index (κ2) is 14.5. The number of hydrogen-bond donors (Lipinski definition) is 6. The van der Waals surface area contributed by atoms with Crippen LogP contribution in [0.25, 0.3) is 11.0 Å². The van der Waals surface area contributed by atoms with E-state index in [4.69, 9.17) is 52.5 Å². The van der Waals surface area contributed by atoms with Crippen molar-refractivity contribution >= 4 is 32.4 Å². The van der Waals surface area contributed by atoms with Crippen LogP contribution in [-0.2, 0) is 9.13 Å². The lowest BCUT2D eigenvalue weighted by atomic mass is 9.94. The van der Waals surface area contributed by atoms with Crippen molar-refractivity contribution in [3.63, 3.8) is 0 Å². The molecule has 6 N–H and O–H groups in total. The number of piperidine rings is 1. The Bertz CT molecular complexity index is 1190. The van der Waals surface area contributed by atoms with Gasteiger partial charge in [-0.3, -0.25) is 0 Å². The third-order valence-electron chi connectivity index (χ3n) is 5.21. The zero-order chi connectivity index (χ0) is 28.3. The van der Waals surface area contributed by atoms with Crippen LogP contribution in [-0.4, -0.2) is 71.0 Å². The van der Waals surface area contributed by atoms with Gasteiger partial charge in [0.2, 0.25) is 0 Å². The van der Waals surface area contributed by atoms with Crippen LogP contribution in [0.5, 0.6) is 11.6 Å². The van der Waals surface area contributed by atoms with Gasteiger partial charge in [-0.25, -0.2) is 9.13 Å². The summed E-state index contributed by atoms with van der Waals surface area (Å²) in [6.07, 6.45) is 3.35. The minimum absolute atomic E-state index is 0.536. The smallest absolute Gasteiger partial charge is 0.466 e. The molecule has 0 bridgehead atoms. The number of nitrogens with zero attached hydrogens (tertiary/aromatic N) is 4. The summed E-state index contributed by atoms with van der Waals surface area (Å²) < 4.78 is 34.5. The molecule has 1 aliphatic rings. The highest BCUT2D eigenvalue weighted by Gasteiger charge is 2.20. The molecule has 15 nitrogen and oxygen atoms in total. The Morgan fingerprint density at radius 2 is 1.61 bits per heavy atom. The summed E-state index contributed by atoms with van der Waals surface area (Å²) in [5.41, 5.74) is 1.64. The fourth-order valence-electron chi connectivity index (χ4n) is 3.58. The first-order valence-electron chi connectivity index (χ1n) is 11.5. The van der Waals surface area contributed by atoms with Gasteiger partial charge in [-0.05, 0) is 68.4 Å². The number of benzene rings is 1. The predicted octanol–water partition coefficient (Wildman–Crippen LogP) is 2.15. The molecule has 0 amide bonds. The lowest BCUT2D eigenvalue weighted by Gasteiger charge is -2.32. The molecular weight excluding hydrogens is 546 g/mol. The average molecular weight is 578 g/mol. The van der Waals surface area contributed by atoms with Crippen molar-refractivity contribution in [2.75, 3.05) is 31.2 Å². The number of phosphoric acid groups is 2. The normalized spacial score (nSPS) is 14.3. The molecule has 4 rings (SSSR count). The first kappa shape index (κ1) is 31.6. The second-order valence-electron chi connectivity index (χ2n) is 8.21. The molecule has 212 valence electrons. The number of aryl methyl sites for hydroxylation is 1. The van der Waals surface area contributed by atoms with E-state index in [1.54, 1.807) is 0 Å². The third kappa shape index (κ3) is 12.8. The first-order chi connectivity index (χ1) is 17.7. The zero-order valence-corrected chi connectivity index (χ0v) is 22.6. The summed E-state index contributed by atoms with van der Waals surface area (Å²) in [5.74, 6) is 2.99. The van der Waals surface area contributed by atoms with Crippen molar-refractivity contribution in [1.29, 1.82) is 0 Å². The van der Waals surface area contributed by atoms with Crippen molar-refractivity contribution in [3.8, 4) is 11.6 Å². The molecule has 2 aromatic heterocycles. The number of rotatable bonds is 7. The van der Waals surface area contributed by atoms with Crippen molar-refractivity contribution in [2.45, 2.75) is 33.1 Å². The summed E-state index contributed by atoms with van der Waals surface area (Å²) >= 11 is 0. The molecule has 1 aliphatic heterocycles. The Morgan fingerprint density at radius 1 is 0.974 bits per heavy atom. The van der Waals surface area contributed by atoms with E-state index >= 15 is 0 Å². The van der Waals surface area contributed by atoms with E-state index in [1.165, 1.54) is 0 Å². The van der Waals surface area contributed by atoms with Crippen LogP contribution < -0.4 is 14.4 Å². The number of aromatic nitrogens is 3. The van der Waals surface area contributed by atoms with Gasteiger partial charge >= 0.3 is 15.6 Å². The SMILES string of the molecule is CCOc1noc2cc(OCCC3CCN(c4ccc(C)nn4)CC3)ccc12.O=P(O)(O)O.O=P(O)(O)O. The molecule has 0 atom stereocenters. The highest BCUT2D eigenvalue weighted by molar-refractivity contribution is 7.45. The molecule has 0 radical (unpaired) electrons. The van der Waals surface area contributed by atoms with Gasteiger partial charge in [0.15, 0.2) is 11.4 Å². The van der Waals surface area contributed by atoms with Crippen LogP contribution in [0, 0.1) is 12.8 Å². The Morgan fingerprint density at radius 3 is 2.16 bits per heavy atom. The minimum atomic E-state index is -4.64. The van der Waals surface area contributed by atoms with Crippen LogP contribution in [0.2, 0.25) is 0 Å². The maximum Gasteiger partial charge on any atom is 0.466 e. The third-order valence-corrected chi connectivity index (χ3v) is 5.21. The van der Waals surface area contributed by atoms with Crippen LogP contribution in [0.3, 0.4) is 0 Å². The lowest BCUT2D eigenvalue weighted by molar-refractivity contribution is 0.258. The van der Waals surface area contributed by atoms with E-state index in [0.717, 1.165) is 55.0 Å². The molecular formula is C21H32N4O11P2. The molecule has 0 spiro atoms. The summed E-state index contributed by atoms with van der Waals surface area (Å²) in [4.78, 5) is 45.4. The van der Waals surface area contributed by atoms with Crippen molar-refractivity contribution in [2.24, 2.45) is 5.92 Å². The monoisotopic (exact) mass is 578 g/mol. The van der Waals surface area contributed by atoms with E-state index in [9.17, 15) is 0 Å². The molecule has 17 heteroatoms. The quantitative estimate of drug-likeness (QED) is 0.221. The van der Waals surface area contributed by atoms with Crippen molar-refractivity contribution < 1.29 is 52.5 Å². The van der Waals surface area contributed by atoms with Gasteiger partial charge < -0.3 is 48.3 Å². The van der Waals surface area contributed by atoms with E-state index in [1.807, 2.05) is 38.1 Å².